The van der Waals surface area contributed by atoms with Gasteiger partial charge in [0.2, 0.25) is 0 Å². The van der Waals surface area contributed by atoms with Crippen LogP contribution >= 0.6 is 0 Å². The predicted octanol–water partition coefficient (Wildman–Crippen LogP) is 1.77. The van der Waals surface area contributed by atoms with E-state index in [9.17, 15) is 13.9 Å². The molecular formula is C10H8F2N2O. The lowest BCUT2D eigenvalue weighted by Crippen LogP contribution is -2.01. The van der Waals surface area contributed by atoms with Crippen LogP contribution in [0.3, 0.4) is 0 Å². The summed E-state index contributed by atoms with van der Waals surface area (Å²) in [6, 6.07) is 3.04. The molecule has 1 atom stereocenters. The molecule has 2 N–H and O–H groups in total. The van der Waals surface area contributed by atoms with Gasteiger partial charge in [-0.15, -0.1) is 0 Å². The van der Waals surface area contributed by atoms with Crippen LogP contribution in [0.2, 0.25) is 0 Å². The normalized spacial score (nSPS) is 12.7. The van der Waals surface area contributed by atoms with Crippen molar-refractivity contribution >= 4 is 0 Å². The minimum atomic E-state index is -1.13. The van der Waals surface area contributed by atoms with E-state index in [0.29, 0.717) is 5.56 Å². The van der Waals surface area contributed by atoms with Crippen LogP contribution < -0.4 is 0 Å². The van der Waals surface area contributed by atoms with Crippen LogP contribution in [0, 0.1) is 11.6 Å². The fourth-order valence-electron chi connectivity index (χ4n) is 1.31. The van der Waals surface area contributed by atoms with Crippen LogP contribution in [0.5, 0.6) is 0 Å². The lowest BCUT2D eigenvalue weighted by molar-refractivity contribution is 0.215. The van der Waals surface area contributed by atoms with Gasteiger partial charge in [0, 0.05) is 23.4 Å². The summed E-state index contributed by atoms with van der Waals surface area (Å²) in [6.07, 6.45) is 1.70. The van der Waals surface area contributed by atoms with Crippen LogP contribution in [0.15, 0.2) is 30.6 Å². The Hall–Kier alpha value is -1.75. The first-order chi connectivity index (χ1) is 7.18. The van der Waals surface area contributed by atoms with Gasteiger partial charge in [-0.3, -0.25) is 5.10 Å². The Balaban J connectivity index is 2.38. The molecule has 2 aromatic rings. The lowest BCUT2D eigenvalue weighted by atomic mass is 10.0. The second-order valence-corrected chi connectivity index (χ2v) is 3.10. The van der Waals surface area contributed by atoms with E-state index in [1.807, 2.05) is 0 Å². The molecule has 0 spiro atoms. The number of nitrogens with one attached hydrogen (secondary N) is 1. The maximum Gasteiger partial charge on any atom is 0.132 e. The summed E-state index contributed by atoms with van der Waals surface area (Å²) in [5, 5.41) is 15.9. The van der Waals surface area contributed by atoms with Crippen LogP contribution in [-0.2, 0) is 0 Å². The third-order valence-corrected chi connectivity index (χ3v) is 2.09. The zero-order valence-electron chi connectivity index (χ0n) is 7.61. The van der Waals surface area contributed by atoms with E-state index in [2.05, 4.69) is 10.2 Å². The molecule has 0 aliphatic carbocycles. The molecule has 2 rings (SSSR count). The predicted molar refractivity (Wildman–Crippen MR) is 49.0 cm³/mol. The smallest absolute Gasteiger partial charge is 0.132 e. The van der Waals surface area contributed by atoms with E-state index < -0.39 is 17.7 Å². The highest BCUT2D eigenvalue weighted by Crippen LogP contribution is 2.23. The Labute approximate surface area is 84.4 Å². The summed E-state index contributed by atoms with van der Waals surface area (Å²) >= 11 is 0. The minimum Gasteiger partial charge on any atom is -0.383 e. The largest absolute Gasteiger partial charge is 0.383 e. The molecule has 0 radical (unpaired) electrons. The first-order valence-electron chi connectivity index (χ1n) is 4.30. The second-order valence-electron chi connectivity index (χ2n) is 3.10. The van der Waals surface area contributed by atoms with Gasteiger partial charge in [-0.1, -0.05) is 6.07 Å². The maximum atomic E-state index is 13.3. The fourth-order valence-corrected chi connectivity index (χ4v) is 1.31. The number of benzene rings is 1. The van der Waals surface area contributed by atoms with Crippen molar-refractivity contribution in [1.29, 1.82) is 0 Å². The van der Waals surface area contributed by atoms with Crippen molar-refractivity contribution in [1.82, 2.24) is 10.2 Å². The number of H-pyrrole nitrogens is 1. The molecule has 0 saturated carbocycles. The van der Waals surface area contributed by atoms with Crippen molar-refractivity contribution in [3.8, 4) is 0 Å². The highest BCUT2D eigenvalue weighted by molar-refractivity contribution is 5.28. The minimum absolute atomic E-state index is 0.0257. The molecule has 0 saturated heterocycles. The van der Waals surface area contributed by atoms with E-state index in [0.717, 1.165) is 12.1 Å². The number of nitrogens with zero attached hydrogens (tertiary/aromatic N) is 1. The molecule has 0 aliphatic heterocycles. The molecular weight excluding hydrogens is 202 g/mol. The molecule has 0 fully saturated rings. The van der Waals surface area contributed by atoms with Crippen LogP contribution in [0.1, 0.15) is 17.2 Å². The highest BCUT2D eigenvalue weighted by atomic mass is 19.1. The van der Waals surface area contributed by atoms with E-state index in [1.54, 1.807) is 0 Å². The van der Waals surface area contributed by atoms with Gasteiger partial charge in [-0.25, -0.2) is 8.78 Å². The molecule has 1 aromatic carbocycles. The van der Waals surface area contributed by atoms with Crippen LogP contribution in [0.4, 0.5) is 8.78 Å². The number of aromatic amines is 1. The molecule has 78 valence electrons. The maximum absolute atomic E-state index is 13.3. The topological polar surface area (TPSA) is 48.9 Å². The molecule has 3 nitrogen and oxygen atoms in total. The average molecular weight is 210 g/mol. The zero-order chi connectivity index (χ0) is 10.8. The molecule has 5 heteroatoms. The first kappa shape index (κ1) is 9.79. The summed E-state index contributed by atoms with van der Waals surface area (Å²) in [5.41, 5.74) is 0.457. The van der Waals surface area contributed by atoms with Crippen LogP contribution in [-0.4, -0.2) is 15.3 Å². The molecule has 0 bridgehead atoms. The molecule has 15 heavy (non-hydrogen) atoms. The summed E-state index contributed by atoms with van der Waals surface area (Å²) in [5.74, 6) is -1.45. The Kier molecular flexibility index (Phi) is 2.47. The van der Waals surface area contributed by atoms with E-state index >= 15 is 0 Å². The Morgan fingerprint density at radius 2 is 2.13 bits per heavy atom. The Morgan fingerprint density at radius 1 is 1.33 bits per heavy atom. The summed E-state index contributed by atoms with van der Waals surface area (Å²) < 4.78 is 25.9. The average Bonchev–Trinajstić information content (AvgIpc) is 2.69. The van der Waals surface area contributed by atoms with Gasteiger partial charge in [-0.05, 0) is 6.07 Å². The molecule has 0 amide bonds. The summed E-state index contributed by atoms with van der Waals surface area (Å²) in [6.45, 7) is 0. The van der Waals surface area contributed by atoms with Gasteiger partial charge in [0.1, 0.15) is 17.7 Å². The number of aliphatic hydroxyl groups is 1. The number of hydrogen-bond acceptors (Lipinski definition) is 2. The molecule has 1 aromatic heterocycles. The first-order valence-corrected chi connectivity index (χ1v) is 4.30. The molecule has 0 aliphatic rings. The third kappa shape index (κ3) is 1.87. The van der Waals surface area contributed by atoms with Crippen molar-refractivity contribution in [3.05, 3.63) is 53.4 Å². The van der Waals surface area contributed by atoms with Crippen LogP contribution in [0.25, 0.3) is 0 Å². The van der Waals surface area contributed by atoms with Gasteiger partial charge in [-0.2, -0.15) is 5.10 Å². The van der Waals surface area contributed by atoms with Crippen molar-refractivity contribution in [3.63, 3.8) is 0 Å². The zero-order valence-corrected chi connectivity index (χ0v) is 7.61. The number of halogens is 2. The van der Waals surface area contributed by atoms with Crippen molar-refractivity contribution in [2.75, 3.05) is 0 Å². The Morgan fingerprint density at radius 3 is 2.73 bits per heavy atom. The van der Waals surface area contributed by atoms with Gasteiger partial charge in [0.25, 0.3) is 0 Å². The van der Waals surface area contributed by atoms with Gasteiger partial charge < -0.3 is 5.11 Å². The van der Waals surface area contributed by atoms with E-state index in [-0.39, 0.29) is 5.56 Å². The fraction of sp³-hybridized carbons (Fsp3) is 0.100. The van der Waals surface area contributed by atoms with Crippen molar-refractivity contribution in [2.45, 2.75) is 6.10 Å². The lowest BCUT2D eigenvalue weighted by Gasteiger charge is -2.09. The highest BCUT2D eigenvalue weighted by Gasteiger charge is 2.16. The Bertz CT molecular complexity index is 456. The number of aliphatic hydroxyl groups excluding tert-OH is 1. The van der Waals surface area contributed by atoms with E-state index in [1.165, 1.54) is 18.5 Å². The van der Waals surface area contributed by atoms with E-state index in [4.69, 9.17) is 0 Å². The molecule has 1 unspecified atom stereocenters. The SMILES string of the molecule is OC(c1cn[nH]c1)c1ccc(F)cc1F. The van der Waals surface area contributed by atoms with Gasteiger partial charge >= 0.3 is 0 Å². The molecule has 1 heterocycles. The third-order valence-electron chi connectivity index (χ3n) is 2.09. The summed E-state index contributed by atoms with van der Waals surface area (Å²) in [7, 11) is 0. The van der Waals surface area contributed by atoms with Gasteiger partial charge in [0.15, 0.2) is 0 Å². The monoisotopic (exact) mass is 210 g/mol. The van der Waals surface area contributed by atoms with Gasteiger partial charge in [0.05, 0.1) is 6.20 Å². The number of rotatable bonds is 2. The quantitative estimate of drug-likeness (QED) is 0.793. The second kappa shape index (κ2) is 3.78. The summed E-state index contributed by atoms with van der Waals surface area (Å²) in [4.78, 5) is 0. The number of aromatic nitrogens is 2. The van der Waals surface area contributed by atoms with Crippen molar-refractivity contribution in [2.24, 2.45) is 0 Å². The standard InChI is InChI=1S/C10H8F2N2O/c11-7-1-2-8(9(12)3-7)10(15)6-4-13-14-5-6/h1-5,10,15H,(H,13,14). The number of hydrogen-bond donors (Lipinski definition) is 2. The van der Waals surface area contributed by atoms with Crippen molar-refractivity contribution < 1.29 is 13.9 Å².